The number of carbonyl (C=O) groups is 2. The maximum absolute atomic E-state index is 13.4. The van der Waals surface area contributed by atoms with Gasteiger partial charge < -0.3 is 19.1 Å². The zero-order valence-electron chi connectivity index (χ0n) is 24.7. The monoisotopic (exact) mass is 584 g/mol. The van der Waals surface area contributed by atoms with Crippen LogP contribution in [0.15, 0.2) is 48.5 Å². The number of carbonyl (C=O) groups excluding carboxylic acids is 2. The highest BCUT2D eigenvalue weighted by Gasteiger charge is 2.31. The number of likely N-dealkylation sites (tertiary alicyclic amines) is 1. The van der Waals surface area contributed by atoms with Gasteiger partial charge in [-0.1, -0.05) is 12.1 Å². The van der Waals surface area contributed by atoms with Crippen LogP contribution in [-0.4, -0.2) is 76.1 Å². The molecule has 3 aromatic rings. The Kier molecular flexibility index (Phi) is 8.29. The minimum Gasteiger partial charge on any atom is -0.444 e. The number of benzene rings is 2. The molecule has 0 saturated carbocycles. The lowest BCUT2D eigenvalue weighted by atomic mass is 9.93. The first-order chi connectivity index (χ1) is 19.8. The maximum Gasteiger partial charge on any atom is 0.416 e. The van der Waals surface area contributed by atoms with Crippen molar-refractivity contribution in [3.05, 3.63) is 70.9 Å². The Labute approximate surface area is 244 Å². The molecule has 7 nitrogen and oxygen atoms in total. The van der Waals surface area contributed by atoms with E-state index in [2.05, 4.69) is 22.6 Å². The van der Waals surface area contributed by atoms with Gasteiger partial charge in [-0.25, -0.2) is 4.79 Å². The van der Waals surface area contributed by atoms with Gasteiger partial charge in [-0.05, 0) is 75.6 Å². The number of nitrogens with zero attached hydrogens (tertiary/aromatic N) is 4. The number of alkyl halides is 3. The summed E-state index contributed by atoms with van der Waals surface area (Å²) in [5.74, 6) is 0.306. The first-order valence-electron chi connectivity index (χ1n) is 14.5. The zero-order chi connectivity index (χ0) is 30.2. The minimum absolute atomic E-state index is 0.0119. The molecule has 2 aliphatic rings. The van der Waals surface area contributed by atoms with Crippen LogP contribution in [-0.2, 0) is 24.5 Å². The van der Waals surface area contributed by atoms with Gasteiger partial charge in [0.25, 0.3) is 5.91 Å². The molecule has 0 aliphatic carbocycles. The molecule has 0 spiro atoms. The lowest BCUT2D eigenvalue weighted by molar-refractivity contribution is -0.137. The molecule has 226 valence electrons. The third kappa shape index (κ3) is 6.75. The molecule has 0 bridgehead atoms. The Morgan fingerprint density at radius 1 is 0.857 bits per heavy atom. The Morgan fingerprint density at radius 3 is 2.10 bits per heavy atom. The molecule has 0 unspecified atom stereocenters. The molecule has 42 heavy (non-hydrogen) atoms. The van der Waals surface area contributed by atoms with E-state index >= 15 is 0 Å². The molecule has 5 rings (SSSR count). The highest BCUT2D eigenvalue weighted by atomic mass is 19.4. The van der Waals surface area contributed by atoms with Gasteiger partial charge in [-0.15, -0.1) is 0 Å². The lowest BCUT2D eigenvalue weighted by Crippen LogP contribution is -2.48. The molecule has 10 heteroatoms. The third-order valence-corrected chi connectivity index (χ3v) is 8.24. The van der Waals surface area contributed by atoms with Crippen LogP contribution in [0.1, 0.15) is 66.7 Å². The number of ether oxygens (including phenoxy) is 1. The predicted molar refractivity (Wildman–Crippen MR) is 155 cm³/mol. The normalized spacial score (nSPS) is 17.6. The van der Waals surface area contributed by atoms with Gasteiger partial charge in [0.2, 0.25) is 0 Å². The Morgan fingerprint density at radius 2 is 1.50 bits per heavy atom. The summed E-state index contributed by atoms with van der Waals surface area (Å²) in [6, 6.07) is 13.3. The van der Waals surface area contributed by atoms with Crippen molar-refractivity contribution in [1.29, 1.82) is 0 Å². The van der Waals surface area contributed by atoms with Crippen LogP contribution >= 0.6 is 0 Å². The molecule has 1 aromatic heterocycles. The average Bonchev–Trinajstić information content (AvgIpc) is 3.27. The summed E-state index contributed by atoms with van der Waals surface area (Å²) in [4.78, 5) is 31.6. The Balaban J connectivity index is 1.18. The molecule has 3 heterocycles. The van der Waals surface area contributed by atoms with Crippen LogP contribution in [0, 0.1) is 0 Å². The summed E-state index contributed by atoms with van der Waals surface area (Å²) >= 11 is 0. The number of piperazine rings is 1. The van der Waals surface area contributed by atoms with E-state index in [4.69, 9.17) is 4.74 Å². The lowest BCUT2D eigenvalue weighted by Gasteiger charge is -2.34. The second-order valence-corrected chi connectivity index (χ2v) is 12.4. The number of fused-ring (bicyclic) bond motifs is 1. The summed E-state index contributed by atoms with van der Waals surface area (Å²) in [6.45, 7) is 9.92. The zero-order valence-corrected chi connectivity index (χ0v) is 24.7. The molecule has 2 saturated heterocycles. The third-order valence-electron chi connectivity index (χ3n) is 8.24. The maximum atomic E-state index is 13.4. The van der Waals surface area contributed by atoms with E-state index in [9.17, 15) is 22.8 Å². The van der Waals surface area contributed by atoms with E-state index in [0.29, 0.717) is 57.3 Å². The first-order valence-corrected chi connectivity index (χ1v) is 14.5. The fourth-order valence-electron chi connectivity index (χ4n) is 5.93. The van der Waals surface area contributed by atoms with Gasteiger partial charge in [0.15, 0.2) is 0 Å². The number of hydrogen-bond donors (Lipinski definition) is 0. The van der Waals surface area contributed by atoms with Gasteiger partial charge in [0.05, 0.1) is 5.56 Å². The molecule has 2 aromatic carbocycles. The molecule has 2 amide bonds. The predicted octanol–water partition coefficient (Wildman–Crippen LogP) is 6.27. The number of aromatic nitrogens is 1. The van der Waals surface area contributed by atoms with Crippen molar-refractivity contribution in [2.45, 2.75) is 57.9 Å². The molecule has 2 aliphatic heterocycles. The molecular weight excluding hydrogens is 545 g/mol. The molecular formula is C32H39F3N4O3. The SMILES string of the molecule is Cn1c(C2CCN(C(=O)OC(C)(C)C)CC2)cc2cc(C(=O)N3CCN(Cc4ccc(C(F)(F)F)cc4)CC3)ccc21. The molecule has 0 radical (unpaired) electrons. The highest BCUT2D eigenvalue weighted by molar-refractivity contribution is 5.98. The summed E-state index contributed by atoms with van der Waals surface area (Å²) in [5, 5.41) is 1.02. The Bertz CT molecular complexity index is 1430. The van der Waals surface area contributed by atoms with Gasteiger partial charge in [0.1, 0.15) is 5.60 Å². The number of halogens is 3. The number of rotatable bonds is 4. The summed E-state index contributed by atoms with van der Waals surface area (Å²) in [5.41, 5.74) is 2.59. The fraction of sp³-hybridized carbons (Fsp3) is 0.500. The smallest absolute Gasteiger partial charge is 0.416 e. The molecule has 0 N–H and O–H groups in total. The average molecular weight is 585 g/mol. The van der Waals surface area contributed by atoms with Crippen molar-refractivity contribution in [3.63, 3.8) is 0 Å². The van der Waals surface area contributed by atoms with Gasteiger partial charge in [-0.2, -0.15) is 13.2 Å². The largest absolute Gasteiger partial charge is 0.444 e. The summed E-state index contributed by atoms with van der Waals surface area (Å²) in [6.07, 6.45) is -2.89. The van der Waals surface area contributed by atoms with Crippen LogP contribution in [0.5, 0.6) is 0 Å². The second-order valence-electron chi connectivity index (χ2n) is 12.4. The van der Waals surface area contributed by atoms with Crippen LogP contribution in [0.4, 0.5) is 18.0 Å². The minimum atomic E-state index is -4.34. The van der Waals surface area contributed by atoms with Crippen LogP contribution in [0.2, 0.25) is 0 Å². The number of piperidine rings is 1. The quantitative estimate of drug-likeness (QED) is 0.363. The van der Waals surface area contributed by atoms with Gasteiger partial charge in [0, 0.05) is 80.9 Å². The van der Waals surface area contributed by atoms with Crippen molar-refractivity contribution in [2.24, 2.45) is 7.05 Å². The number of hydrogen-bond acceptors (Lipinski definition) is 4. The van der Waals surface area contributed by atoms with E-state index in [1.807, 2.05) is 43.9 Å². The fourth-order valence-corrected chi connectivity index (χ4v) is 5.93. The van der Waals surface area contributed by atoms with E-state index in [1.165, 1.54) is 17.8 Å². The summed E-state index contributed by atoms with van der Waals surface area (Å²) in [7, 11) is 2.05. The molecule has 2 fully saturated rings. The Hall–Kier alpha value is -3.53. The van der Waals surface area contributed by atoms with Gasteiger partial charge in [-0.3, -0.25) is 9.69 Å². The molecule has 0 atom stereocenters. The van der Waals surface area contributed by atoms with Crippen molar-refractivity contribution in [1.82, 2.24) is 19.3 Å². The second kappa shape index (κ2) is 11.6. The highest BCUT2D eigenvalue weighted by Crippen LogP contribution is 2.33. The van der Waals surface area contributed by atoms with Gasteiger partial charge >= 0.3 is 12.3 Å². The van der Waals surface area contributed by atoms with E-state index in [-0.39, 0.29) is 12.0 Å². The van der Waals surface area contributed by atoms with Crippen molar-refractivity contribution < 1.29 is 27.5 Å². The van der Waals surface area contributed by atoms with Crippen LogP contribution in [0.3, 0.4) is 0 Å². The summed E-state index contributed by atoms with van der Waals surface area (Å²) < 4.78 is 46.3. The number of aryl methyl sites for hydroxylation is 1. The topological polar surface area (TPSA) is 58.0 Å². The van der Waals surface area contributed by atoms with Crippen molar-refractivity contribution in [2.75, 3.05) is 39.3 Å². The van der Waals surface area contributed by atoms with Crippen molar-refractivity contribution >= 4 is 22.9 Å². The first kappa shape index (κ1) is 29.9. The number of amides is 2. The van der Waals surface area contributed by atoms with E-state index < -0.39 is 17.3 Å². The van der Waals surface area contributed by atoms with Crippen LogP contribution < -0.4 is 0 Å². The van der Waals surface area contributed by atoms with E-state index in [1.54, 1.807) is 4.90 Å². The van der Waals surface area contributed by atoms with Crippen LogP contribution in [0.25, 0.3) is 10.9 Å². The van der Waals surface area contributed by atoms with Crippen molar-refractivity contribution in [3.8, 4) is 0 Å². The van der Waals surface area contributed by atoms with E-state index in [0.717, 1.165) is 41.4 Å². The standard InChI is InChI=1S/C32H39F3N4O3/c1-31(2,3)42-30(41)39-13-11-23(12-14-39)28-20-25-19-24(7-10-27(25)36(28)4)29(40)38-17-15-37(16-18-38)21-22-5-8-26(9-6-22)32(33,34)35/h5-10,19-20,23H,11-18,21H2,1-4H3.